The van der Waals surface area contributed by atoms with Crippen molar-refractivity contribution >= 4 is 23.2 Å². The van der Waals surface area contributed by atoms with E-state index in [1.54, 1.807) is 0 Å². The topological polar surface area (TPSA) is 49.6 Å². The molecule has 0 bridgehead atoms. The summed E-state index contributed by atoms with van der Waals surface area (Å²) in [6, 6.07) is 7.84. The lowest BCUT2D eigenvalue weighted by atomic mass is 10.0. The van der Waals surface area contributed by atoms with Crippen LogP contribution in [0.3, 0.4) is 0 Å². The number of piperazine rings is 1. The van der Waals surface area contributed by atoms with E-state index in [9.17, 15) is 4.79 Å². The van der Waals surface area contributed by atoms with Gasteiger partial charge < -0.3 is 10.6 Å². The smallest absolute Gasteiger partial charge is 0.237 e. The largest absolute Gasteiger partial charge is 0.368 e. The van der Waals surface area contributed by atoms with E-state index in [4.69, 9.17) is 17.3 Å². The van der Waals surface area contributed by atoms with Crippen LogP contribution in [-0.4, -0.2) is 42.5 Å². The maximum absolute atomic E-state index is 11.5. The zero-order valence-electron chi connectivity index (χ0n) is 11.4. The summed E-state index contributed by atoms with van der Waals surface area (Å²) >= 11 is 6.20. The summed E-state index contributed by atoms with van der Waals surface area (Å²) in [4.78, 5) is 15.8. The Bertz CT molecular complexity index is 468. The van der Waals surface area contributed by atoms with Gasteiger partial charge in [-0.25, -0.2) is 0 Å². The summed E-state index contributed by atoms with van der Waals surface area (Å²) in [7, 11) is 0. The minimum atomic E-state index is -0.591. The van der Waals surface area contributed by atoms with Gasteiger partial charge in [-0.1, -0.05) is 23.7 Å². The first kappa shape index (κ1) is 14.2. The van der Waals surface area contributed by atoms with Crippen LogP contribution < -0.4 is 10.6 Å². The van der Waals surface area contributed by atoms with Crippen LogP contribution in [0.15, 0.2) is 24.3 Å². The molecule has 0 unspecified atom stereocenters. The minimum Gasteiger partial charge on any atom is -0.368 e. The molecule has 0 saturated carbocycles. The SMILES string of the molecule is CC(C)(C(N)=O)N1CCN(c2ccccc2Cl)CC1. The van der Waals surface area contributed by atoms with Crippen LogP contribution >= 0.6 is 11.6 Å². The fourth-order valence-electron chi connectivity index (χ4n) is 2.37. The molecular weight excluding hydrogens is 262 g/mol. The van der Waals surface area contributed by atoms with Crippen molar-refractivity contribution in [2.24, 2.45) is 5.73 Å². The van der Waals surface area contributed by atoms with Gasteiger partial charge in [0, 0.05) is 26.2 Å². The van der Waals surface area contributed by atoms with Gasteiger partial charge in [0.05, 0.1) is 16.2 Å². The number of hydrogen-bond acceptors (Lipinski definition) is 3. The molecule has 1 heterocycles. The molecule has 1 fully saturated rings. The summed E-state index contributed by atoms with van der Waals surface area (Å²) in [5.41, 5.74) is 5.92. The van der Waals surface area contributed by atoms with Crippen molar-refractivity contribution in [1.82, 2.24) is 4.90 Å². The Morgan fingerprint density at radius 1 is 1.21 bits per heavy atom. The first-order chi connectivity index (χ1) is 8.93. The fourth-order valence-corrected chi connectivity index (χ4v) is 2.63. The maximum Gasteiger partial charge on any atom is 0.237 e. The number of nitrogens with zero attached hydrogens (tertiary/aromatic N) is 2. The summed E-state index contributed by atoms with van der Waals surface area (Å²) in [6.07, 6.45) is 0. The molecule has 0 spiro atoms. The van der Waals surface area contributed by atoms with E-state index in [0.29, 0.717) is 0 Å². The third-order valence-electron chi connectivity index (χ3n) is 3.87. The van der Waals surface area contributed by atoms with Crippen LogP contribution in [0, 0.1) is 0 Å². The zero-order chi connectivity index (χ0) is 14.0. The second-order valence-corrected chi connectivity index (χ2v) is 5.76. The van der Waals surface area contributed by atoms with E-state index < -0.39 is 5.54 Å². The molecule has 0 aromatic heterocycles. The standard InChI is InChI=1S/C14H20ClN3O/c1-14(2,13(16)19)18-9-7-17(8-10-18)12-6-4-3-5-11(12)15/h3-6H,7-10H2,1-2H3,(H2,16,19). The summed E-state index contributed by atoms with van der Waals surface area (Å²) in [5, 5.41) is 0.769. The van der Waals surface area contributed by atoms with Crippen molar-refractivity contribution in [2.45, 2.75) is 19.4 Å². The molecular formula is C14H20ClN3O. The third-order valence-corrected chi connectivity index (χ3v) is 4.19. The minimum absolute atomic E-state index is 0.279. The van der Waals surface area contributed by atoms with Crippen molar-refractivity contribution in [3.05, 3.63) is 29.3 Å². The first-order valence-electron chi connectivity index (χ1n) is 6.47. The van der Waals surface area contributed by atoms with E-state index in [1.807, 2.05) is 38.1 Å². The van der Waals surface area contributed by atoms with Crippen LogP contribution in [0.2, 0.25) is 5.02 Å². The highest BCUT2D eigenvalue weighted by molar-refractivity contribution is 6.33. The van der Waals surface area contributed by atoms with Crippen molar-refractivity contribution < 1.29 is 4.79 Å². The molecule has 1 aliphatic rings. The van der Waals surface area contributed by atoms with Crippen molar-refractivity contribution in [3.63, 3.8) is 0 Å². The normalized spacial score (nSPS) is 17.5. The van der Waals surface area contributed by atoms with E-state index in [1.165, 1.54) is 0 Å². The Balaban J connectivity index is 2.04. The van der Waals surface area contributed by atoms with E-state index in [-0.39, 0.29) is 5.91 Å². The predicted molar refractivity (Wildman–Crippen MR) is 78.5 cm³/mol. The van der Waals surface area contributed by atoms with Gasteiger partial charge in [0.1, 0.15) is 0 Å². The van der Waals surface area contributed by atoms with Crippen molar-refractivity contribution in [1.29, 1.82) is 0 Å². The number of carbonyl (C=O) groups is 1. The Labute approximate surface area is 119 Å². The molecule has 1 saturated heterocycles. The Morgan fingerprint density at radius 2 is 1.79 bits per heavy atom. The Kier molecular flexibility index (Phi) is 4.02. The molecule has 1 aliphatic heterocycles. The monoisotopic (exact) mass is 281 g/mol. The summed E-state index contributed by atoms with van der Waals surface area (Å²) < 4.78 is 0. The lowest BCUT2D eigenvalue weighted by Crippen LogP contribution is -2.59. The molecule has 0 radical (unpaired) electrons. The zero-order valence-corrected chi connectivity index (χ0v) is 12.2. The Morgan fingerprint density at radius 3 is 2.32 bits per heavy atom. The number of anilines is 1. The van der Waals surface area contributed by atoms with Gasteiger partial charge in [0.25, 0.3) is 0 Å². The first-order valence-corrected chi connectivity index (χ1v) is 6.85. The van der Waals surface area contributed by atoms with Gasteiger partial charge in [-0.2, -0.15) is 0 Å². The molecule has 4 nitrogen and oxygen atoms in total. The second-order valence-electron chi connectivity index (χ2n) is 5.35. The Hall–Kier alpha value is -1.26. The summed E-state index contributed by atoms with van der Waals surface area (Å²) in [6.45, 7) is 7.06. The van der Waals surface area contributed by atoms with Gasteiger partial charge in [-0.3, -0.25) is 9.69 Å². The van der Waals surface area contributed by atoms with Gasteiger partial charge in [-0.15, -0.1) is 0 Å². The number of amides is 1. The van der Waals surface area contributed by atoms with Crippen LogP contribution in [-0.2, 0) is 4.79 Å². The molecule has 1 aromatic carbocycles. The number of hydrogen-bond donors (Lipinski definition) is 1. The van der Waals surface area contributed by atoms with Gasteiger partial charge >= 0.3 is 0 Å². The van der Waals surface area contributed by atoms with Gasteiger partial charge in [-0.05, 0) is 26.0 Å². The van der Waals surface area contributed by atoms with E-state index >= 15 is 0 Å². The predicted octanol–water partition coefficient (Wildman–Crippen LogP) is 1.73. The average Bonchev–Trinajstić information content (AvgIpc) is 2.39. The van der Waals surface area contributed by atoms with E-state index in [2.05, 4.69) is 9.80 Å². The van der Waals surface area contributed by atoms with Crippen LogP contribution in [0.5, 0.6) is 0 Å². The summed E-state index contributed by atoms with van der Waals surface area (Å²) in [5.74, 6) is -0.279. The molecule has 0 atom stereocenters. The van der Waals surface area contributed by atoms with Crippen molar-refractivity contribution in [2.75, 3.05) is 31.1 Å². The molecule has 2 rings (SSSR count). The number of para-hydroxylation sites is 1. The molecule has 104 valence electrons. The van der Waals surface area contributed by atoms with Gasteiger partial charge in [0.15, 0.2) is 0 Å². The lowest BCUT2D eigenvalue weighted by molar-refractivity contribution is -0.128. The van der Waals surface area contributed by atoms with Crippen LogP contribution in [0.4, 0.5) is 5.69 Å². The van der Waals surface area contributed by atoms with Crippen LogP contribution in [0.25, 0.3) is 0 Å². The second kappa shape index (κ2) is 5.39. The highest BCUT2D eigenvalue weighted by Gasteiger charge is 2.34. The molecule has 0 aliphatic carbocycles. The number of benzene rings is 1. The number of primary amides is 1. The third kappa shape index (κ3) is 2.85. The number of carbonyl (C=O) groups excluding carboxylic acids is 1. The molecule has 2 N–H and O–H groups in total. The molecule has 19 heavy (non-hydrogen) atoms. The van der Waals surface area contributed by atoms with E-state index in [0.717, 1.165) is 36.9 Å². The van der Waals surface area contributed by atoms with Crippen LogP contribution in [0.1, 0.15) is 13.8 Å². The highest BCUT2D eigenvalue weighted by Crippen LogP contribution is 2.27. The number of nitrogens with two attached hydrogens (primary N) is 1. The molecule has 1 aromatic rings. The molecule has 5 heteroatoms. The molecule has 1 amide bonds. The lowest BCUT2D eigenvalue weighted by Gasteiger charge is -2.43. The number of rotatable bonds is 3. The highest BCUT2D eigenvalue weighted by atomic mass is 35.5. The number of halogens is 1. The van der Waals surface area contributed by atoms with Gasteiger partial charge in [0.2, 0.25) is 5.91 Å². The van der Waals surface area contributed by atoms with Crippen molar-refractivity contribution in [3.8, 4) is 0 Å². The maximum atomic E-state index is 11.5. The fraction of sp³-hybridized carbons (Fsp3) is 0.500. The quantitative estimate of drug-likeness (QED) is 0.918. The average molecular weight is 282 g/mol.